The predicted molar refractivity (Wildman–Crippen MR) is 77.9 cm³/mol. The maximum atomic E-state index is 12.1. The molecule has 1 unspecified atom stereocenters. The van der Waals surface area contributed by atoms with Crippen LogP contribution in [-0.2, 0) is 10.7 Å². The third-order valence-corrected chi connectivity index (χ3v) is 3.45. The Balaban J connectivity index is 2.55. The van der Waals surface area contributed by atoms with E-state index >= 15 is 0 Å². The van der Waals surface area contributed by atoms with Gasteiger partial charge in [0.15, 0.2) is 0 Å². The summed E-state index contributed by atoms with van der Waals surface area (Å²) < 4.78 is 0. The van der Waals surface area contributed by atoms with E-state index in [1.165, 1.54) is 0 Å². The molecule has 0 aliphatic rings. The molecule has 1 aromatic rings. The van der Waals surface area contributed by atoms with E-state index in [4.69, 9.17) is 11.6 Å². The monoisotopic (exact) mass is 267 g/mol. The van der Waals surface area contributed by atoms with Crippen molar-refractivity contribution in [1.82, 2.24) is 0 Å². The number of nitrogens with one attached hydrogen (secondary N) is 1. The van der Waals surface area contributed by atoms with Gasteiger partial charge in [-0.1, -0.05) is 38.8 Å². The van der Waals surface area contributed by atoms with Gasteiger partial charge >= 0.3 is 0 Å². The van der Waals surface area contributed by atoms with Gasteiger partial charge < -0.3 is 5.32 Å². The molecule has 0 radical (unpaired) electrons. The molecule has 0 saturated heterocycles. The largest absolute Gasteiger partial charge is 0.326 e. The van der Waals surface area contributed by atoms with Crippen molar-refractivity contribution < 1.29 is 4.79 Å². The molecule has 0 spiro atoms. The van der Waals surface area contributed by atoms with Crippen molar-refractivity contribution in [2.75, 3.05) is 5.32 Å². The van der Waals surface area contributed by atoms with Crippen LogP contribution in [0.1, 0.15) is 45.1 Å². The standard InChI is InChI=1S/C15H22ClNO/c1-3-5-6-13(4-2)15(18)17-14-9-7-12(11-16)8-10-14/h7-10,13H,3-6,11H2,1-2H3,(H,17,18). The third kappa shape index (κ3) is 4.69. The minimum absolute atomic E-state index is 0.123. The molecule has 0 saturated carbocycles. The van der Waals surface area contributed by atoms with Crippen LogP contribution in [0.2, 0.25) is 0 Å². The Labute approximate surface area is 115 Å². The molecule has 1 amide bonds. The number of anilines is 1. The molecular formula is C15H22ClNO. The molecule has 2 nitrogen and oxygen atoms in total. The number of hydrogen-bond donors (Lipinski definition) is 1. The molecular weight excluding hydrogens is 246 g/mol. The van der Waals surface area contributed by atoms with Crippen LogP contribution in [0, 0.1) is 5.92 Å². The highest BCUT2D eigenvalue weighted by atomic mass is 35.5. The third-order valence-electron chi connectivity index (χ3n) is 3.15. The maximum absolute atomic E-state index is 12.1. The second-order valence-corrected chi connectivity index (χ2v) is 4.83. The van der Waals surface area contributed by atoms with Gasteiger partial charge in [0.2, 0.25) is 5.91 Å². The van der Waals surface area contributed by atoms with Crippen LogP contribution < -0.4 is 5.32 Å². The van der Waals surface area contributed by atoms with Crippen LogP contribution in [-0.4, -0.2) is 5.91 Å². The van der Waals surface area contributed by atoms with Crippen LogP contribution >= 0.6 is 11.6 Å². The molecule has 0 fully saturated rings. The van der Waals surface area contributed by atoms with E-state index in [-0.39, 0.29) is 11.8 Å². The summed E-state index contributed by atoms with van der Waals surface area (Å²) in [6.45, 7) is 4.21. The summed E-state index contributed by atoms with van der Waals surface area (Å²) in [7, 11) is 0. The fourth-order valence-electron chi connectivity index (χ4n) is 1.89. The van der Waals surface area contributed by atoms with Gasteiger partial charge in [-0.3, -0.25) is 4.79 Å². The van der Waals surface area contributed by atoms with Crippen molar-refractivity contribution in [3.63, 3.8) is 0 Å². The zero-order valence-corrected chi connectivity index (χ0v) is 12.0. The van der Waals surface area contributed by atoms with Gasteiger partial charge in [-0.15, -0.1) is 11.6 Å². The van der Waals surface area contributed by atoms with E-state index < -0.39 is 0 Å². The summed E-state index contributed by atoms with van der Waals surface area (Å²) >= 11 is 5.73. The maximum Gasteiger partial charge on any atom is 0.227 e. The topological polar surface area (TPSA) is 29.1 Å². The van der Waals surface area contributed by atoms with Crippen molar-refractivity contribution >= 4 is 23.2 Å². The number of alkyl halides is 1. The Bertz CT molecular complexity index is 361. The molecule has 0 bridgehead atoms. The van der Waals surface area contributed by atoms with Gasteiger partial charge in [-0.05, 0) is 30.5 Å². The smallest absolute Gasteiger partial charge is 0.227 e. The molecule has 0 aliphatic carbocycles. The first-order valence-corrected chi connectivity index (χ1v) is 7.20. The van der Waals surface area contributed by atoms with E-state index in [0.717, 1.165) is 36.9 Å². The summed E-state index contributed by atoms with van der Waals surface area (Å²) in [5.74, 6) is 0.754. The fraction of sp³-hybridized carbons (Fsp3) is 0.533. The van der Waals surface area contributed by atoms with E-state index in [9.17, 15) is 4.79 Å². The number of rotatable bonds is 7. The number of carbonyl (C=O) groups is 1. The SMILES string of the molecule is CCCCC(CC)C(=O)Nc1ccc(CCl)cc1. The van der Waals surface area contributed by atoms with Gasteiger partial charge in [0.1, 0.15) is 0 Å². The lowest BCUT2D eigenvalue weighted by Gasteiger charge is -2.14. The molecule has 1 rings (SSSR count). The molecule has 18 heavy (non-hydrogen) atoms. The van der Waals surface area contributed by atoms with Crippen LogP contribution in [0.4, 0.5) is 5.69 Å². The summed E-state index contributed by atoms with van der Waals surface area (Å²) in [6, 6.07) is 7.69. The molecule has 1 N–H and O–H groups in total. The number of carbonyl (C=O) groups excluding carboxylic acids is 1. The first kappa shape index (κ1) is 15.0. The highest BCUT2D eigenvalue weighted by Gasteiger charge is 2.15. The first-order chi connectivity index (χ1) is 8.71. The second kappa shape index (κ2) is 8.15. The van der Waals surface area contributed by atoms with Crippen molar-refractivity contribution in [1.29, 1.82) is 0 Å². The molecule has 3 heteroatoms. The fourth-order valence-corrected chi connectivity index (χ4v) is 2.07. The molecule has 0 heterocycles. The Hall–Kier alpha value is -1.02. The van der Waals surface area contributed by atoms with Gasteiger partial charge in [0.05, 0.1) is 0 Å². The normalized spacial score (nSPS) is 12.2. The highest BCUT2D eigenvalue weighted by Crippen LogP contribution is 2.17. The number of unbranched alkanes of at least 4 members (excludes halogenated alkanes) is 1. The van der Waals surface area contributed by atoms with Crippen molar-refractivity contribution in [2.24, 2.45) is 5.92 Å². The van der Waals surface area contributed by atoms with Crippen LogP contribution in [0.3, 0.4) is 0 Å². The molecule has 0 aliphatic heterocycles. The quantitative estimate of drug-likeness (QED) is 0.720. The van der Waals surface area contributed by atoms with Gasteiger partial charge in [-0.25, -0.2) is 0 Å². The van der Waals surface area contributed by atoms with E-state index in [2.05, 4.69) is 19.2 Å². The van der Waals surface area contributed by atoms with Crippen LogP contribution in [0.25, 0.3) is 0 Å². The number of halogens is 1. The van der Waals surface area contributed by atoms with Crippen molar-refractivity contribution in [2.45, 2.75) is 45.4 Å². The first-order valence-electron chi connectivity index (χ1n) is 6.67. The zero-order valence-electron chi connectivity index (χ0n) is 11.2. The lowest BCUT2D eigenvalue weighted by molar-refractivity contribution is -0.120. The summed E-state index contributed by atoms with van der Waals surface area (Å²) in [5, 5.41) is 2.97. The van der Waals surface area contributed by atoms with Crippen molar-refractivity contribution in [3.05, 3.63) is 29.8 Å². The molecule has 1 aromatic carbocycles. The Morgan fingerprint density at radius 2 is 1.94 bits per heavy atom. The average Bonchev–Trinajstić information content (AvgIpc) is 2.40. The van der Waals surface area contributed by atoms with Gasteiger partial charge in [0, 0.05) is 17.5 Å². The Kier molecular flexibility index (Phi) is 6.81. The summed E-state index contributed by atoms with van der Waals surface area (Å²) in [6.07, 6.45) is 4.11. The lowest BCUT2D eigenvalue weighted by Crippen LogP contribution is -2.22. The van der Waals surface area contributed by atoms with E-state index in [0.29, 0.717) is 5.88 Å². The Morgan fingerprint density at radius 1 is 1.28 bits per heavy atom. The van der Waals surface area contributed by atoms with E-state index in [1.807, 2.05) is 24.3 Å². The van der Waals surface area contributed by atoms with Gasteiger partial charge in [-0.2, -0.15) is 0 Å². The average molecular weight is 268 g/mol. The number of hydrogen-bond acceptors (Lipinski definition) is 1. The number of benzene rings is 1. The molecule has 0 aromatic heterocycles. The van der Waals surface area contributed by atoms with Crippen molar-refractivity contribution in [3.8, 4) is 0 Å². The minimum atomic E-state index is 0.123. The highest BCUT2D eigenvalue weighted by molar-refractivity contribution is 6.17. The summed E-state index contributed by atoms with van der Waals surface area (Å²) in [5.41, 5.74) is 1.91. The lowest BCUT2D eigenvalue weighted by atomic mass is 9.98. The zero-order chi connectivity index (χ0) is 13.4. The Morgan fingerprint density at radius 3 is 2.44 bits per heavy atom. The van der Waals surface area contributed by atoms with Gasteiger partial charge in [0.25, 0.3) is 0 Å². The second-order valence-electron chi connectivity index (χ2n) is 4.57. The van der Waals surface area contributed by atoms with E-state index in [1.54, 1.807) is 0 Å². The van der Waals surface area contributed by atoms with Crippen LogP contribution in [0.15, 0.2) is 24.3 Å². The molecule has 100 valence electrons. The van der Waals surface area contributed by atoms with Crippen LogP contribution in [0.5, 0.6) is 0 Å². The number of amides is 1. The summed E-state index contributed by atoms with van der Waals surface area (Å²) in [4.78, 5) is 12.1. The minimum Gasteiger partial charge on any atom is -0.326 e. The molecule has 1 atom stereocenters. The predicted octanol–water partition coefficient (Wildman–Crippen LogP) is 4.58.